The van der Waals surface area contributed by atoms with Crippen LogP contribution >= 0.6 is 0 Å². The molecular weight excluding hydrogens is 268 g/mol. The van der Waals surface area contributed by atoms with Crippen LogP contribution in [-0.4, -0.2) is 53.1 Å². The van der Waals surface area contributed by atoms with Gasteiger partial charge in [-0.2, -0.15) is 0 Å². The molecule has 0 radical (unpaired) electrons. The van der Waals surface area contributed by atoms with Crippen molar-refractivity contribution in [3.05, 3.63) is 0 Å². The van der Waals surface area contributed by atoms with Crippen LogP contribution in [0.4, 0.5) is 4.79 Å². The van der Waals surface area contributed by atoms with Gasteiger partial charge in [0.05, 0.1) is 0 Å². The normalized spacial score (nSPS) is 23.9. The zero-order chi connectivity index (χ0) is 15.8. The summed E-state index contributed by atoms with van der Waals surface area (Å²) >= 11 is 0. The van der Waals surface area contributed by atoms with E-state index in [9.17, 15) is 9.59 Å². The van der Waals surface area contributed by atoms with E-state index in [0.29, 0.717) is 12.5 Å². The van der Waals surface area contributed by atoms with Crippen molar-refractivity contribution in [2.75, 3.05) is 13.6 Å². The van der Waals surface area contributed by atoms with E-state index in [-0.39, 0.29) is 24.1 Å². The Hall–Kier alpha value is -1.26. The summed E-state index contributed by atoms with van der Waals surface area (Å²) in [5.74, 6) is 0.688. The molecule has 2 aliphatic rings. The van der Waals surface area contributed by atoms with E-state index in [2.05, 4.69) is 6.92 Å². The molecule has 1 saturated carbocycles. The molecule has 0 aromatic carbocycles. The number of ether oxygens (including phenoxy) is 1. The van der Waals surface area contributed by atoms with Gasteiger partial charge in [0.1, 0.15) is 11.6 Å². The van der Waals surface area contributed by atoms with Crippen LogP contribution in [0.3, 0.4) is 0 Å². The molecule has 5 nitrogen and oxygen atoms in total. The Morgan fingerprint density at radius 1 is 1.24 bits per heavy atom. The van der Waals surface area contributed by atoms with Crippen molar-refractivity contribution < 1.29 is 14.3 Å². The minimum absolute atomic E-state index is 0.0535. The molecule has 0 aromatic heterocycles. The standard InChI is InChI=1S/C16H28N2O3/c1-11(12-8-9-12)17(5)14(19)13-7-6-10-18(13)15(20)21-16(2,3)4/h11-13H,6-10H2,1-5H3/t11-,13-/m0/s1. The predicted octanol–water partition coefficient (Wildman–Crippen LogP) is 2.64. The number of rotatable bonds is 3. The molecule has 0 N–H and O–H groups in total. The van der Waals surface area contributed by atoms with E-state index >= 15 is 0 Å². The summed E-state index contributed by atoms with van der Waals surface area (Å²) in [5.41, 5.74) is -0.527. The molecule has 0 spiro atoms. The highest BCUT2D eigenvalue weighted by Gasteiger charge is 2.40. The largest absolute Gasteiger partial charge is 0.444 e. The van der Waals surface area contributed by atoms with Gasteiger partial charge in [0, 0.05) is 19.6 Å². The van der Waals surface area contributed by atoms with Crippen molar-refractivity contribution in [2.45, 2.75) is 71.1 Å². The second-order valence-electron chi connectivity index (χ2n) is 7.36. The maximum absolute atomic E-state index is 12.7. The first kappa shape index (κ1) is 16.1. The number of nitrogens with zero attached hydrogens (tertiary/aromatic N) is 2. The predicted molar refractivity (Wildman–Crippen MR) is 80.9 cm³/mol. The molecule has 2 amide bonds. The Morgan fingerprint density at radius 2 is 1.86 bits per heavy atom. The third kappa shape index (κ3) is 3.89. The van der Waals surface area contributed by atoms with E-state index in [0.717, 1.165) is 12.8 Å². The van der Waals surface area contributed by atoms with Gasteiger partial charge >= 0.3 is 6.09 Å². The van der Waals surface area contributed by atoms with Crippen LogP contribution in [0.2, 0.25) is 0 Å². The number of hydrogen-bond donors (Lipinski definition) is 0. The molecule has 2 atom stereocenters. The lowest BCUT2D eigenvalue weighted by atomic mass is 10.1. The van der Waals surface area contributed by atoms with Crippen molar-refractivity contribution in [1.82, 2.24) is 9.80 Å². The summed E-state index contributed by atoms with van der Waals surface area (Å²) in [6.07, 6.45) is 3.64. The van der Waals surface area contributed by atoms with Crippen molar-refractivity contribution in [1.29, 1.82) is 0 Å². The minimum Gasteiger partial charge on any atom is -0.444 e. The van der Waals surface area contributed by atoms with Gasteiger partial charge in [-0.05, 0) is 59.3 Å². The number of carbonyl (C=O) groups is 2. The highest BCUT2D eigenvalue weighted by Crippen LogP contribution is 2.35. The number of likely N-dealkylation sites (N-methyl/N-ethyl adjacent to an activating group) is 1. The maximum Gasteiger partial charge on any atom is 0.410 e. The van der Waals surface area contributed by atoms with Gasteiger partial charge in [-0.3, -0.25) is 9.69 Å². The maximum atomic E-state index is 12.7. The fourth-order valence-corrected chi connectivity index (χ4v) is 2.89. The van der Waals surface area contributed by atoms with E-state index in [1.807, 2.05) is 32.7 Å². The van der Waals surface area contributed by atoms with Crippen LogP contribution in [0.15, 0.2) is 0 Å². The van der Waals surface area contributed by atoms with E-state index in [1.54, 1.807) is 4.90 Å². The Kier molecular flexibility index (Phi) is 4.49. The lowest BCUT2D eigenvalue weighted by Crippen LogP contribution is -2.50. The van der Waals surface area contributed by atoms with Crippen LogP contribution in [0, 0.1) is 5.92 Å². The number of likely N-dealkylation sites (tertiary alicyclic amines) is 1. The fourth-order valence-electron chi connectivity index (χ4n) is 2.89. The highest BCUT2D eigenvalue weighted by atomic mass is 16.6. The van der Waals surface area contributed by atoms with Crippen LogP contribution in [0.5, 0.6) is 0 Å². The molecular formula is C16H28N2O3. The lowest BCUT2D eigenvalue weighted by molar-refractivity contribution is -0.136. The van der Waals surface area contributed by atoms with E-state index < -0.39 is 5.60 Å². The monoisotopic (exact) mass is 296 g/mol. The Labute approximate surface area is 127 Å². The summed E-state index contributed by atoms with van der Waals surface area (Å²) in [7, 11) is 1.86. The quantitative estimate of drug-likeness (QED) is 0.804. The fraction of sp³-hybridized carbons (Fsp3) is 0.875. The summed E-state index contributed by atoms with van der Waals surface area (Å²) in [6.45, 7) is 8.25. The topological polar surface area (TPSA) is 49.9 Å². The average Bonchev–Trinajstić information content (AvgIpc) is 3.10. The molecule has 1 saturated heterocycles. The minimum atomic E-state index is -0.527. The first-order valence-electron chi connectivity index (χ1n) is 7.97. The Balaban J connectivity index is 2.00. The number of hydrogen-bond acceptors (Lipinski definition) is 3. The van der Waals surface area contributed by atoms with Crippen LogP contribution in [0.25, 0.3) is 0 Å². The molecule has 5 heteroatoms. The van der Waals surface area contributed by atoms with Gasteiger partial charge in [0.15, 0.2) is 0 Å². The molecule has 1 aliphatic carbocycles. The van der Waals surface area contributed by atoms with Gasteiger partial charge in [0.25, 0.3) is 0 Å². The first-order chi connectivity index (χ1) is 9.70. The molecule has 0 aromatic rings. The molecule has 0 bridgehead atoms. The first-order valence-corrected chi connectivity index (χ1v) is 7.97. The third-order valence-corrected chi connectivity index (χ3v) is 4.43. The van der Waals surface area contributed by atoms with Crippen LogP contribution in [0.1, 0.15) is 53.4 Å². The number of amides is 2. The smallest absolute Gasteiger partial charge is 0.410 e. The van der Waals surface area contributed by atoms with Crippen LogP contribution < -0.4 is 0 Å². The van der Waals surface area contributed by atoms with E-state index in [1.165, 1.54) is 12.8 Å². The van der Waals surface area contributed by atoms with Gasteiger partial charge in [0.2, 0.25) is 5.91 Å². The molecule has 2 fully saturated rings. The van der Waals surface area contributed by atoms with Crippen LogP contribution in [-0.2, 0) is 9.53 Å². The van der Waals surface area contributed by atoms with Gasteiger partial charge in [-0.1, -0.05) is 0 Å². The van der Waals surface area contributed by atoms with Crippen molar-refractivity contribution >= 4 is 12.0 Å². The Morgan fingerprint density at radius 3 is 2.38 bits per heavy atom. The molecule has 1 aliphatic heterocycles. The third-order valence-electron chi connectivity index (χ3n) is 4.43. The highest BCUT2D eigenvalue weighted by molar-refractivity contribution is 5.86. The zero-order valence-electron chi connectivity index (χ0n) is 13.9. The second kappa shape index (κ2) is 5.85. The molecule has 2 rings (SSSR count). The molecule has 21 heavy (non-hydrogen) atoms. The SMILES string of the molecule is C[C@@H](C1CC1)N(C)C(=O)[C@@H]1CCCN1C(=O)OC(C)(C)C. The van der Waals surface area contributed by atoms with Gasteiger partial charge in [-0.25, -0.2) is 4.79 Å². The summed E-state index contributed by atoms with van der Waals surface area (Å²) in [4.78, 5) is 28.3. The summed E-state index contributed by atoms with van der Waals surface area (Å²) in [5, 5.41) is 0. The van der Waals surface area contributed by atoms with Crippen molar-refractivity contribution in [2.24, 2.45) is 5.92 Å². The summed E-state index contributed by atoms with van der Waals surface area (Å²) < 4.78 is 5.42. The lowest BCUT2D eigenvalue weighted by Gasteiger charge is -2.32. The zero-order valence-corrected chi connectivity index (χ0v) is 13.9. The average molecular weight is 296 g/mol. The second-order valence-corrected chi connectivity index (χ2v) is 7.36. The molecule has 1 heterocycles. The van der Waals surface area contributed by atoms with Crippen molar-refractivity contribution in [3.63, 3.8) is 0 Å². The number of carbonyl (C=O) groups excluding carboxylic acids is 2. The molecule has 120 valence electrons. The van der Waals surface area contributed by atoms with Crippen molar-refractivity contribution in [3.8, 4) is 0 Å². The van der Waals surface area contributed by atoms with Gasteiger partial charge < -0.3 is 9.64 Å². The summed E-state index contributed by atoms with van der Waals surface area (Å²) in [6, 6.07) is -0.0929. The Bertz CT molecular complexity index is 412. The van der Waals surface area contributed by atoms with E-state index in [4.69, 9.17) is 4.74 Å². The molecule has 0 unspecified atom stereocenters. The van der Waals surface area contributed by atoms with Gasteiger partial charge in [-0.15, -0.1) is 0 Å².